The molecule has 0 saturated heterocycles. The van der Waals surface area contributed by atoms with Gasteiger partial charge in [0.1, 0.15) is 23.2 Å². The topological polar surface area (TPSA) is 84.1 Å². The molecule has 0 aliphatic carbocycles. The number of hydrogen-bond donors (Lipinski definition) is 2. The fraction of sp³-hybridized carbons (Fsp3) is 0.353. The quantitative estimate of drug-likeness (QED) is 0.842. The first-order chi connectivity index (χ1) is 11.1. The number of alkyl carbamates (subject to hydrolysis) is 1. The molecule has 0 aliphatic heterocycles. The molecule has 0 spiro atoms. The van der Waals surface area contributed by atoms with E-state index in [0.29, 0.717) is 23.1 Å². The first-order valence-electron chi connectivity index (χ1n) is 7.42. The van der Waals surface area contributed by atoms with Gasteiger partial charge < -0.3 is 14.8 Å². The molecule has 1 heterocycles. The number of nitrogens with zero attached hydrogens (tertiary/aromatic N) is 1. The van der Waals surface area contributed by atoms with Gasteiger partial charge in [-0.3, -0.25) is 5.10 Å². The number of aldehydes is 1. The van der Waals surface area contributed by atoms with Crippen molar-refractivity contribution in [2.75, 3.05) is 0 Å². The maximum Gasteiger partial charge on any atom is 0.408 e. The summed E-state index contributed by atoms with van der Waals surface area (Å²) >= 11 is 0. The van der Waals surface area contributed by atoms with Gasteiger partial charge >= 0.3 is 6.09 Å². The van der Waals surface area contributed by atoms with Crippen LogP contribution in [0.3, 0.4) is 0 Å². The second-order valence-electron chi connectivity index (χ2n) is 6.61. The third kappa shape index (κ3) is 3.98. The third-order valence-corrected chi connectivity index (χ3v) is 3.33. The minimum Gasteiger partial charge on any atom is -0.444 e. The standard InChI is InChI=1S/C17H20FN3O3/c1-16(2,3)24-15(23)20-17(4,10-22)13-9-19-21-14(13)11-5-7-12(18)8-6-11/h5-10H,1-4H3,(H,19,21)(H,20,23). The number of halogens is 1. The molecule has 2 aromatic rings. The minimum absolute atomic E-state index is 0.371. The van der Waals surface area contributed by atoms with Gasteiger partial charge in [0.05, 0.1) is 11.9 Å². The van der Waals surface area contributed by atoms with Crippen molar-refractivity contribution in [2.45, 2.75) is 38.8 Å². The Balaban J connectivity index is 2.34. The number of H-pyrrole nitrogens is 1. The van der Waals surface area contributed by atoms with E-state index in [1.807, 2.05) is 0 Å². The van der Waals surface area contributed by atoms with Gasteiger partial charge in [-0.1, -0.05) is 0 Å². The van der Waals surface area contributed by atoms with Crippen molar-refractivity contribution in [3.05, 3.63) is 41.8 Å². The molecule has 24 heavy (non-hydrogen) atoms. The zero-order chi connectivity index (χ0) is 18.0. The van der Waals surface area contributed by atoms with Crippen LogP contribution < -0.4 is 5.32 Å². The normalized spacial score (nSPS) is 13.9. The molecule has 2 rings (SSSR count). The Labute approximate surface area is 139 Å². The highest BCUT2D eigenvalue weighted by Crippen LogP contribution is 2.29. The Morgan fingerprint density at radius 2 is 1.88 bits per heavy atom. The summed E-state index contributed by atoms with van der Waals surface area (Å²) in [5, 5.41) is 9.29. The van der Waals surface area contributed by atoms with E-state index in [2.05, 4.69) is 15.5 Å². The van der Waals surface area contributed by atoms with Crippen molar-refractivity contribution in [1.82, 2.24) is 15.5 Å². The second-order valence-corrected chi connectivity index (χ2v) is 6.61. The molecule has 128 valence electrons. The van der Waals surface area contributed by atoms with E-state index in [-0.39, 0.29) is 5.82 Å². The van der Waals surface area contributed by atoms with Crippen molar-refractivity contribution >= 4 is 12.4 Å². The van der Waals surface area contributed by atoms with Crippen LogP contribution in [0.25, 0.3) is 11.3 Å². The Morgan fingerprint density at radius 3 is 2.42 bits per heavy atom. The molecule has 0 bridgehead atoms. The van der Waals surface area contributed by atoms with Gasteiger partial charge in [0.25, 0.3) is 0 Å². The van der Waals surface area contributed by atoms with Crippen molar-refractivity contribution in [1.29, 1.82) is 0 Å². The monoisotopic (exact) mass is 333 g/mol. The summed E-state index contributed by atoms with van der Waals surface area (Å²) in [5.74, 6) is -0.371. The molecule has 0 radical (unpaired) electrons. The third-order valence-electron chi connectivity index (χ3n) is 3.33. The van der Waals surface area contributed by atoms with Gasteiger partial charge in [-0.2, -0.15) is 5.10 Å². The average molecular weight is 333 g/mol. The number of amides is 1. The number of hydrogen-bond acceptors (Lipinski definition) is 4. The molecule has 0 fully saturated rings. The summed E-state index contributed by atoms with van der Waals surface area (Å²) in [6.07, 6.45) is 1.34. The summed E-state index contributed by atoms with van der Waals surface area (Å²) in [6, 6.07) is 5.73. The fourth-order valence-electron chi connectivity index (χ4n) is 2.19. The van der Waals surface area contributed by atoms with E-state index in [9.17, 15) is 14.0 Å². The van der Waals surface area contributed by atoms with Gasteiger partial charge in [-0.15, -0.1) is 0 Å². The average Bonchev–Trinajstić information content (AvgIpc) is 2.96. The molecule has 0 aliphatic rings. The lowest BCUT2D eigenvalue weighted by Gasteiger charge is -2.27. The largest absolute Gasteiger partial charge is 0.444 e. The first-order valence-corrected chi connectivity index (χ1v) is 7.42. The molecule has 7 heteroatoms. The molecular weight excluding hydrogens is 313 g/mol. The van der Waals surface area contributed by atoms with E-state index in [0.717, 1.165) is 0 Å². The smallest absolute Gasteiger partial charge is 0.408 e. The molecule has 1 aromatic carbocycles. The fourth-order valence-corrected chi connectivity index (χ4v) is 2.19. The molecule has 2 N–H and O–H groups in total. The number of nitrogens with one attached hydrogen (secondary N) is 2. The molecule has 1 amide bonds. The van der Waals surface area contributed by atoms with Crippen LogP contribution in [0, 0.1) is 5.82 Å². The lowest BCUT2D eigenvalue weighted by atomic mass is 9.92. The van der Waals surface area contributed by atoms with Gasteiger partial charge in [-0.05, 0) is 52.0 Å². The predicted molar refractivity (Wildman–Crippen MR) is 86.8 cm³/mol. The molecule has 0 saturated carbocycles. The molecule has 1 atom stereocenters. The summed E-state index contributed by atoms with van der Waals surface area (Å²) in [5.41, 5.74) is -0.429. The SMILES string of the molecule is CC(C)(C)OC(=O)NC(C)(C=O)c1cn[nH]c1-c1ccc(F)cc1. The number of ether oxygens (including phenoxy) is 1. The Morgan fingerprint density at radius 1 is 1.25 bits per heavy atom. The van der Waals surface area contributed by atoms with Crippen molar-refractivity contribution in [3.63, 3.8) is 0 Å². The Bertz CT molecular complexity index is 734. The number of benzene rings is 1. The van der Waals surface area contributed by atoms with Crippen molar-refractivity contribution < 1.29 is 18.7 Å². The van der Waals surface area contributed by atoms with Crippen LogP contribution >= 0.6 is 0 Å². The highest BCUT2D eigenvalue weighted by Gasteiger charge is 2.34. The zero-order valence-electron chi connectivity index (χ0n) is 14.0. The number of aromatic amines is 1. The lowest BCUT2D eigenvalue weighted by Crippen LogP contribution is -2.47. The van der Waals surface area contributed by atoms with Gasteiger partial charge in [0, 0.05) is 11.1 Å². The highest BCUT2D eigenvalue weighted by molar-refractivity contribution is 5.81. The van der Waals surface area contributed by atoms with Crippen LogP contribution in [0.2, 0.25) is 0 Å². The second kappa shape index (κ2) is 6.43. The van der Waals surface area contributed by atoms with E-state index in [4.69, 9.17) is 4.74 Å². The van der Waals surface area contributed by atoms with E-state index in [1.165, 1.54) is 18.3 Å². The maximum absolute atomic E-state index is 13.1. The van der Waals surface area contributed by atoms with E-state index >= 15 is 0 Å². The van der Waals surface area contributed by atoms with Crippen LogP contribution in [0.4, 0.5) is 9.18 Å². The minimum atomic E-state index is -1.35. The van der Waals surface area contributed by atoms with Crippen LogP contribution in [0.1, 0.15) is 33.3 Å². The summed E-state index contributed by atoms with van der Waals surface area (Å²) < 4.78 is 18.3. The van der Waals surface area contributed by atoms with Gasteiger partial charge in [0.15, 0.2) is 0 Å². The maximum atomic E-state index is 13.1. The number of rotatable bonds is 4. The summed E-state index contributed by atoms with van der Waals surface area (Å²) in [4.78, 5) is 23.7. The number of carbonyl (C=O) groups is 2. The van der Waals surface area contributed by atoms with Crippen molar-refractivity contribution in [3.8, 4) is 11.3 Å². The molecule has 1 aromatic heterocycles. The van der Waals surface area contributed by atoms with E-state index in [1.54, 1.807) is 39.8 Å². The lowest BCUT2D eigenvalue weighted by molar-refractivity contribution is -0.113. The zero-order valence-corrected chi connectivity index (χ0v) is 14.0. The van der Waals surface area contributed by atoms with Crippen LogP contribution in [0.15, 0.2) is 30.5 Å². The summed E-state index contributed by atoms with van der Waals surface area (Å²) in [7, 11) is 0. The van der Waals surface area contributed by atoms with Gasteiger partial charge in [-0.25, -0.2) is 9.18 Å². The van der Waals surface area contributed by atoms with Crippen LogP contribution in [-0.4, -0.2) is 28.2 Å². The van der Waals surface area contributed by atoms with E-state index < -0.39 is 17.2 Å². The Hall–Kier alpha value is -2.70. The van der Waals surface area contributed by atoms with Gasteiger partial charge in [0.2, 0.25) is 0 Å². The summed E-state index contributed by atoms with van der Waals surface area (Å²) in [6.45, 7) is 6.73. The first kappa shape index (κ1) is 17.7. The Kier molecular flexibility index (Phi) is 4.73. The molecule has 6 nitrogen and oxygen atoms in total. The highest BCUT2D eigenvalue weighted by atomic mass is 19.1. The number of carbonyl (C=O) groups excluding carboxylic acids is 2. The predicted octanol–water partition coefficient (Wildman–Crippen LogP) is 3.15. The van der Waals surface area contributed by atoms with Crippen molar-refractivity contribution in [2.24, 2.45) is 0 Å². The number of aromatic nitrogens is 2. The molecular formula is C17H20FN3O3. The van der Waals surface area contributed by atoms with Crippen LogP contribution in [-0.2, 0) is 15.1 Å². The van der Waals surface area contributed by atoms with Crippen LogP contribution in [0.5, 0.6) is 0 Å². The molecule has 1 unspecified atom stereocenters.